The van der Waals surface area contributed by atoms with Crippen LogP contribution in [0, 0.1) is 0 Å². The summed E-state index contributed by atoms with van der Waals surface area (Å²) < 4.78 is 45.1. The van der Waals surface area contributed by atoms with E-state index in [0.29, 0.717) is 10.8 Å². The van der Waals surface area contributed by atoms with Crippen LogP contribution in [0.3, 0.4) is 0 Å². The zero-order valence-corrected chi connectivity index (χ0v) is 19.5. The number of anilines is 1. The summed E-state index contributed by atoms with van der Waals surface area (Å²) in [7, 11) is 0. The number of hydrogen-bond donors (Lipinski definition) is 2. The van der Waals surface area contributed by atoms with Gasteiger partial charge in [0.25, 0.3) is 11.8 Å². The van der Waals surface area contributed by atoms with Crippen LogP contribution in [0.15, 0.2) is 76.5 Å². The van der Waals surface area contributed by atoms with E-state index in [1.54, 1.807) is 36.4 Å². The van der Waals surface area contributed by atoms with Crippen molar-refractivity contribution in [2.45, 2.75) is 15.3 Å². The molecule has 180 valence electrons. The Hall–Kier alpha value is -3.64. The second-order valence-electron chi connectivity index (χ2n) is 7.04. The van der Waals surface area contributed by atoms with Gasteiger partial charge in [-0.05, 0) is 72.6 Å². The van der Waals surface area contributed by atoms with Gasteiger partial charge in [0, 0.05) is 10.6 Å². The Bertz CT molecular complexity index is 1260. The van der Waals surface area contributed by atoms with Crippen molar-refractivity contribution >= 4 is 47.1 Å². The molecule has 1 heterocycles. The monoisotopic (exact) mass is 519 g/mol. The summed E-state index contributed by atoms with van der Waals surface area (Å²) in [4.78, 5) is 37.9. The first-order valence-corrected chi connectivity index (χ1v) is 12.0. The molecule has 1 aliphatic rings. The summed E-state index contributed by atoms with van der Waals surface area (Å²) in [6.07, 6.45) is 1.89. The van der Waals surface area contributed by atoms with Crippen LogP contribution in [0.25, 0.3) is 0 Å². The molecule has 0 radical (unpaired) electrons. The Morgan fingerprint density at radius 3 is 2.14 bits per heavy atom. The number of nitrogens with one attached hydrogen (secondary N) is 2. The van der Waals surface area contributed by atoms with Crippen LogP contribution < -0.4 is 15.5 Å². The molecule has 0 aliphatic carbocycles. The smallest absolute Gasteiger partial charge is 0.446 e. The second kappa shape index (κ2) is 9.92. The summed E-state index contributed by atoms with van der Waals surface area (Å²) >= 11 is 1.11. The second-order valence-corrected chi connectivity index (χ2v) is 9.03. The van der Waals surface area contributed by atoms with Crippen molar-refractivity contribution in [3.8, 4) is 11.5 Å². The van der Waals surface area contributed by atoms with E-state index >= 15 is 0 Å². The highest BCUT2D eigenvalue weighted by Gasteiger charge is 2.36. The molecule has 35 heavy (non-hydrogen) atoms. The molecule has 2 N–H and O–H groups in total. The maximum absolute atomic E-state index is 13.2. The highest BCUT2D eigenvalue weighted by atomic mass is 32.2. The molecule has 0 atom stereocenters. The molecule has 0 fully saturated rings. The number of hydrogen-bond acceptors (Lipinski definition) is 6. The molecule has 0 spiro atoms. The van der Waals surface area contributed by atoms with Crippen molar-refractivity contribution in [3.05, 3.63) is 77.9 Å². The fraction of sp³-hybridized carbons (Fsp3) is 0.0870. The van der Waals surface area contributed by atoms with Gasteiger partial charge in [-0.15, -0.1) is 11.8 Å². The largest absolute Gasteiger partial charge is 0.456 e. The van der Waals surface area contributed by atoms with E-state index in [9.17, 15) is 27.6 Å². The highest BCUT2D eigenvalue weighted by Crippen LogP contribution is 2.43. The summed E-state index contributed by atoms with van der Waals surface area (Å²) in [5.41, 5.74) is -2.22. The number of imide groups is 1. The predicted molar refractivity (Wildman–Crippen MR) is 126 cm³/mol. The summed E-state index contributed by atoms with van der Waals surface area (Å²) in [6.45, 7) is 0. The zero-order valence-electron chi connectivity index (χ0n) is 17.9. The van der Waals surface area contributed by atoms with Gasteiger partial charge in [-0.1, -0.05) is 12.1 Å². The molecule has 3 aromatic rings. The number of benzene rings is 3. The van der Waals surface area contributed by atoms with Crippen LogP contribution in [-0.4, -0.2) is 34.6 Å². The number of carbonyl (C=O) groups is 3. The Balaban J connectivity index is 1.50. The first-order chi connectivity index (χ1) is 16.6. The molecule has 0 saturated carbocycles. The first-order valence-electron chi connectivity index (χ1n) is 9.92. The lowest BCUT2D eigenvalue weighted by Gasteiger charge is -2.17. The van der Waals surface area contributed by atoms with Crippen molar-refractivity contribution in [1.82, 2.24) is 10.4 Å². The molecule has 4 rings (SSSR count). The van der Waals surface area contributed by atoms with E-state index in [1.807, 2.05) is 6.26 Å². The number of ether oxygens (including phenoxy) is 1. The van der Waals surface area contributed by atoms with Crippen LogP contribution >= 0.6 is 23.5 Å². The van der Waals surface area contributed by atoms with Crippen LogP contribution in [0.5, 0.6) is 11.5 Å². The van der Waals surface area contributed by atoms with E-state index in [1.165, 1.54) is 36.0 Å². The Morgan fingerprint density at radius 2 is 1.57 bits per heavy atom. The minimum absolute atomic E-state index is 0.00376. The molecule has 4 amide bonds. The van der Waals surface area contributed by atoms with E-state index in [-0.39, 0.29) is 27.5 Å². The van der Waals surface area contributed by atoms with Gasteiger partial charge < -0.3 is 10.1 Å². The SMILES string of the molecule is CSc1ccc(Oc2ccc(NC(=O)NN3C(=O)c4ccccc4C3=O)cc2SC(F)(F)F)cc1. The van der Waals surface area contributed by atoms with Gasteiger partial charge in [0.15, 0.2) is 0 Å². The van der Waals surface area contributed by atoms with Gasteiger partial charge in [0.2, 0.25) is 0 Å². The number of nitrogens with zero attached hydrogens (tertiary/aromatic N) is 1. The van der Waals surface area contributed by atoms with Crippen molar-refractivity contribution in [2.75, 3.05) is 11.6 Å². The molecular formula is C23H16F3N3O4S2. The molecule has 0 aromatic heterocycles. The quantitative estimate of drug-likeness (QED) is 0.300. The number of thioether (sulfide) groups is 2. The number of hydrazine groups is 1. The number of alkyl halides is 3. The number of amides is 4. The third-order valence-corrected chi connectivity index (χ3v) is 6.24. The topological polar surface area (TPSA) is 87.7 Å². The molecular weight excluding hydrogens is 503 g/mol. The summed E-state index contributed by atoms with van der Waals surface area (Å²) in [5.74, 6) is -1.15. The molecule has 0 unspecified atom stereocenters. The van der Waals surface area contributed by atoms with Crippen molar-refractivity contribution < 1.29 is 32.3 Å². The predicted octanol–water partition coefficient (Wildman–Crippen LogP) is 6.15. The van der Waals surface area contributed by atoms with Crippen molar-refractivity contribution in [2.24, 2.45) is 0 Å². The normalized spacial score (nSPS) is 13.0. The van der Waals surface area contributed by atoms with Crippen molar-refractivity contribution in [1.29, 1.82) is 0 Å². The van der Waals surface area contributed by atoms with Crippen LogP contribution in [0.1, 0.15) is 20.7 Å². The fourth-order valence-corrected chi connectivity index (χ4v) is 4.25. The standard InChI is InChI=1S/C23H16F3N3O4S2/c1-34-15-9-7-14(8-10-15)33-18-11-6-13(12-19(18)35-23(24,25)26)27-22(32)28-29-20(30)16-4-2-3-5-17(16)21(29)31/h2-12H,1H3,(H2,27,28,32). The van der Waals surface area contributed by atoms with Crippen LogP contribution in [0.2, 0.25) is 0 Å². The lowest BCUT2D eigenvalue weighted by molar-refractivity contribution is -0.0328. The number of urea groups is 1. The molecule has 7 nitrogen and oxygen atoms in total. The van der Waals surface area contributed by atoms with Gasteiger partial charge in [0.05, 0.1) is 16.0 Å². The Morgan fingerprint density at radius 1 is 0.943 bits per heavy atom. The number of carbonyl (C=O) groups excluding carboxylic acids is 3. The van der Waals surface area contributed by atoms with Crippen molar-refractivity contribution in [3.63, 3.8) is 0 Å². The molecule has 1 aliphatic heterocycles. The van der Waals surface area contributed by atoms with Gasteiger partial charge in [-0.25, -0.2) is 10.2 Å². The van der Waals surface area contributed by atoms with Gasteiger partial charge in [0.1, 0.15) is 11.5 Å². The third-order valence-electron chi connectivity index (χ3n) is 4.72. The minimum atomic E-state index is -4.61. The molecule has 12 heteroatoms. The Labute approximate surface area is 206 Å². The average Bonchev–Trinajstić information content (AvgIpc) is 3.05. The maximum atomic E-state index is 13.2. The minimum Gasteiger partial charge on any atom is -0.456 e. The van der Waals surface area contributed by atoms with E-state index < -0.39 is 35.1 Å². The zero-order chi connectivity index (χ0) is 25.2. The van der Waals surface area contributed by atoms with E-state index in [2.05, 4.69) is 10.7 Å². The first kappa shape index (κ1) is 24.5. The number of halogens is 3. The van der Waals surface area contributed by atoms with Gasteiger partial charge in [-0.2, -0.15) is 18.2 Å². The molecule has 0 saturated heterocycles. The van der Waals surface area contributed by atoms with Crippen LogP contribution in [-0.2, 0) is 0 Å². The lowest BCUT2D eigenvalue weighted by Crippen LogP contribution is -2.47. The van der Waals surface area contributed by atoms with Crippen LogP contribution in [0.4, 0.5) is 23.7 Å². The molecule has 3 aromatic carbocycles. The Kier molecular flexibility index (Phi) is 6.94. The summed E-state index contributed by atoms with van der Waals surface area (Å²) in [5, 5.41) is 2.88. The van der Waals surface area contributed by atoms with Gasteiger partial charge in [-0.3, -0.25) is 9.59 Å². The fourth-order valence-electron chi connectivity index (χ4n) is 3.20. The maximum Gasteiger partial charge on any atom is 0.446 e. The van der Waals surface area contributed by atoms with Gasteiger partial charge >= 0.3 is 11.5 Å². The lowest BCUT2D eigenvalue weighted by atomic mass is 10.1. The number of fused-ring (bicyclic) bond motifs is 1. The number of rotatable bonds is 6. The average molecular weight is 520 g/mol. The molecule has 0 bridgehead atoms. The highest BCUT2D eigenvalue weighted by molar-refractivity contribution is 8.00. The van der Waals surface area contributed by atoms with E-state index in [0.717, 1.165) is 11.0 Å². The summed E-state index contributed by atoms with van der Waals surface area (Å²) in [6, 6.07) is 15.6. The third kappa shape index (κ3) is 5.72. The van der Waals surface area contributed by atoms with E-state index in [4.69, 9.17) is 4.74 Å².